The summed E-state index contributed by atoms with van der Waals surface area (Å²) in [6, 6.07) is 14.0. The van der Waals surface area contributed by atoms with Crippen LogP contribution in [0.4, 0.5) is 4.79 Å². The van der Waals surface area contributed by atoms with E-state index in [0.29, 0.717) is 13.2 Å². The lowest BCUT2D eigenvalue weighted by Gasteiger charge is -2.40. The molecular formula is C22H27NO4. The number of nitrogens with one attached hydrogen (secondary N) is 1. The highest BCUT2D eigenvalue weighted by molar-refractivity contribution is 5.72. The SMILES string of the molecule is COCCOc1ccccc1-c1ccc2c(c1)C(NC(=O)O)C(C)(C)CC2. The van der Waals surface area contributed by atoms with Crippen LogP contribution in [-0.4, -0.2) is 31.5 Å². The maximum Gasteiger partial charge on any atom is 0.405 e. The third kappa shape index (κ3) is 4.25. The Kier molecular flexibility index (Phi) is 5.71. The van der Waals surface area contributed by atoms with Crippen LogP contribution in [0.25, 0.3) is 11.1 Å². The lowest BCUT2D eigenvalue weighted by molar-refractivity contribution is 0.146. The average molecular weight is 369 g/mol. The van der Waals surface area contributed by atoms with Crippen LogP contribution in [0.5, 0.6) is 5.75 Å². The fourth-order valence-corrected chi connectivity index (χ4v) is 3.74. The number of benzene rings is 2. The molecule has 5 nitrogen and oxygen atoms in total. The van der Waals surface area contributed by atoms with Crippen molar-refractivity contribution in [1.29, 1.82) is 0 Å². The van der Waals surface area contributed by atoms with Crippen LogP contribution in [0.1, 0.15) is 37.4 Å². The van der Waals surface area contributed by atoms with Crippen molar-refractivity contribution in [3.05, 3.63) is 53.6 Å². The molecule has 144 valence electrons. The van der Waals surface area contributed by atoms with Gasteiger partial charge in [-0.15, -0.1) is 0 Å². The van der Waals surface area contributed by atoms with Gasteiger partial charge >= 0.3 is 6.09 Å². The molecule has 0 saturated heterocycles. The number of carboxylic acid groups (broad SMARTS) is 1. The van der Waals surface area contributed by atoms with Gasteiger partial charge in [-0.2, -0.15) is 0 Å². The first kappa shape index (κ1) is 19.2. The summed E-state index contributed by atoms with van der Waals surface area (Å²) in [4.78, 5) is 11.4. The Morgan fingerprint density at radius 1 is 1.22 bits per heavy atom. The maximum atomic E-state index is 11.4. The molecule has 2 aromatic rings. The highest BCUT2D eigenvalue weighted by atomic mass is 16.5. The number of para-hydroxylation sites is 1. The molecule has 3 rings (SSSR count). The lowest BCUT2D eigenvalue weighted by Crippen LogP contribution is -2.40. The standard InChI is InChI=1S/C22H27NO4/c1-22(2)11-10-15-8-9-16(14-18(15)20(22)23-21(24)25)17-6-4-5-7-19(17)27-13-12-26-3/h4-9,14,20,23H,10-13H2,1-3H3,(H,24,25). The van der Waals surface area contributed by atoms with Crippen LogP contribution in [0.2, 0.25) is 0 Å². The Balaban J connectivity index is 2.00. The molecule has 0 saturated carbocycles. The molecule has 2 aromatic carbocycles. The molecule has 0 fully saturated rings. The van der Waals surface area contributed by atoms with E-state index in [0.717, 1.165) is 35.3 Å². The van der Waals surface area contributed by atoms with E-state index in [4.69, 9.17) is 9.47 Å². The van der Waals surface area contributed by atoms with E-state index in [9.17, 15) is 9.90 Å². The van der Waals surface area contributed by atoms with E-state index in [1.165, 1.54) is 5.56 Å². The summed E-state index contributed by atoms with van der Waals surface area (Å²) in [6.07, 6.45) is 0.905. The molecule has 0 aromatic heterocycles. The van der Waals surface area contributed by atoms with Gasteiger partial charge in [-0.3, -0.25) is 0 Å². The van der Waals surface area contributed by atoms with Gasteiger partial charge in [0.25, 0.3) is 0 Å². The average Bonchev–Trinajstić information content (AvgIpc) is 2.64. The molecule has 2 N–H and O–H groups in total. The Morgan fingerprint density at radius 3 is 2.74 bits per heavy atom. The van der Waals surface area contributed by atoms with Gasteiger partial charge in [0.15, 0.2) is 0 Å². The van der Waals surface area contributed by atoms with Gasteiger partial charge in [-0.25, -0.2) is 4.79 Å². The van der Waals surface area contributed by atoms with E-state index in [1.807, 2.05) is 24.3 Å². The summed E-state index contributed by atoms with van der Waals surface area (Å²) in [6.45, 7) is 5.24. The number of ether oxygens (including phenoxy) is 2. The molecular weight excluding hydrogens is 342 g/mol. The van der Waals surface area contributed by atoms with Gasteiger partial charge in [0.1, 0.15) is 12.4 Å². The number of rotatable bonds is 6. The Labute approximate surface area is 160 Å². The topological polar surface area (TPSA) is 67.8 Å². The number of aryl methyl sites for hydroxylation is 1. The fourth-order valence-electron chi connectivity index (χ4n) is 3.74. The van der Waals surface area contributed by atoms with Crippen molar-refractivity contribution >= 4 is 6.09 Å². The van der Waals surface area contributed by atoms with E-state index in [2.05, 4.69) is 37.4 Å². The van der Waals surface area contributed by atoms with Crippen LogP contribution < -0.4 is 10.1 Å². The van der Waals surface area contributed by atoms with E-state index in [1.54, 1.807) is 7.11 Å². The first-order valence-corrected chi connectivity index (χ1v) is 9.26. The minimum Gasteiger partial charge on any atom is -0.491 e. The van der Waals surface area contributed by atoms with Crippen LogP contribution >= 0.6 is 0 Å². The minimum atomic E-state index is -0.991. The zero-order chi connectivity index (χ0) is 19.4. The monoisotopic (exact) mass is 369 g/mol. The molecule has 0 aliphatic heterocycles. The molecule has 1 aliphatic carbocycles. The second kappa shape index (κ2) is 8.01. The summed E-state index contributed by atoms with van der Waals surface area (Å²) in [7, 11) is 1.65. The molecule has 0 bridgehead atoms. The van der Waals surface area contributed by atoms with Gasteiger partial charge in [0.05, 0.1) is 12.6 Å². The van der Waals surface area contributed by atoms with E-state index < -0.39 is 6.09 Å². The number of methoxy groups -OCH3 is 1. The number of hydrogen-bond acceptors (Lipinski definition) is 3. The first-order chi connectivity index (χ1) is 12.9. The summed E-state index contributed by atoms with van der Waals surface area (Å²) in [5.74, 6) is 0.798. The second-order valence-corrected chi connectivity index (χ2v) is 7.62. The minimum absolute atomic E-state index is 0.140. The van der Waals surface area contributed by atoms with E-state index in [-0.39, 0.29) is 11.5 Å². The van der Waals surface area contributed by atoms with Crippen molar-refractivity contribution in [3.8, 4) is 16.9 Å². The molecule has 1 atom stereocenters. The van der Waals surface area contributed by atoms with Crippen molar-refractivity contribution in [2.45, 2.75) is 32.7 Å². The van der Waals surface area contributed by atoms with Gasteiger partial charge < -0.3 is 19.9 Å². The Hall–Kier alpha value is -2.53. The highest BCUT2D eigenvalue weighted by Gasteiger charge is 2.37. The number of amides is 1. The highest BCUT2D eigenvalue weighted by Crippen LogP contribution is 2.45. The lowest BCUT2D eigenvalue weighted by atomic mass is 9.70. The fraction of sp³-hybridized carbons (Fsp3) is 0.409. The summed E-state index contributed by atoms with van der Waals surface area (Å²) in [5.41, 5.74) is 4.14. The molecule has 0 heterocycles. The Bertz CT molecular complexity index is 816. The maximum absolute atomic E-state index is 11.4. The summed E-state index contributed by atoms with van der Waals surface area (Å²) >= 11 is 0. The molecule has 0 spiro atoms. The van der Waals surface area contributed by atoms with E-state index >= 15 is 0 Å². The quantitative estimate of drug-likeness (QED) is 0.727. The zero-order valence-corrected chi connectivity index (χ0v) is 16.1. The molecule has 27 heavy (non-hydrogen) atoms. The predicted octanol–water partition coefficient (Wildman–Crippen LogP) is 4.66. The molecule has 1 unspecified atom stereocenters. The smallest absolute Gasteiger partial charge is 0.405 e. The van der Waals surface area contributed by atoms with Crippen molar-refractivity contribution < 1.29 is 19.4 Å². The molecule has 1 aliphatic rings. The van der Waals surface area contributed by atoms with Crippen LogP contribution in [0, 0.1) is 5.41 Å². The third-order valence-corrected chi connectivity index (χ3v) is 5.29. The predicted molar refractivity (Wildman–Crippen MR) is 105 cm³/mol. The second-order valence-electron chi connectivity index (χ2n) is 7.62. The largest absolute Gasteiger partial charge is 0.491 e. The number of carbonyl (C=O) groups is 1. The third-order valence-electron chi connectivity index (χ3n) is 5.29. The van der Waals surface area contributed by atoms with Crippen molar-refractivity contribution in [1.82, 2.24) is 5.32 Å². The van der Waals surface area contributed by atoms with Crippen LogP contribution in [0.3, 0.4) is 0 Å². The van der Waals surface area contributed by atoms with Crippen LogP contribution in [-0.2, 0) is 11.2 Å². The van der Waals surface area contributed by atoms with Gasteiger partial charge in [0, 0.05) is 12.7 Å². The van der Waals surface area contributed by atoms with Gasteiger partial charge in [0.2, 0.25) is 0 Å². The number of hydrogen-bond donors (Lipinski definition) is 2. The van der Waals surface area contributed by atoms with Gasteiger partial charge in [-0.05, 0) is 47.1 Å². The van der Waals surface area contributed by atoms with Crippen molar-refractivity contribution in [2.24, 2.45) is 5.41 Å². The number of fused-ring (bicyclic) bond motifs is 1. The first-order valence-electron chi connectivity index (χ1n) is 9.26. The zero-order valence-electron chi connectivity index (χ0n) is 16.1. The summed E-state index contributed by atoms with van der Waals surface area (Å²) < 4.78 is 10.9. The Morgan fingerprint density at radius 2 is 2.00 bits per heavy atom. The molecule has 5 heteroatoms. The van der Waals surface area contributed by atoms with Gasteiger partial charge in [-0.1, -0.05) is 44.2 Å². The van der Waals surface area contributed by atoms with Crippen LogP contribution in [0.15, 0.2) is 42.5 Å². The normalized spacial score (nSPS) is 17.8. The molecule has 0 radical (unpaired) electrons. The summed E-state index contributed by atoms with van der Waals surface area (Å²) in [5, 5.41) is 12.1. The van der Waals surface area contributed by atoms with Crippen molar-refractivity contribution in [2.75, 3.05) is 20.3 Å². The van der Waals surface area contributed by atoms with Crippen molar-refractivity contribution in [3.63, 3.8) is 0 Å². The molecule has 1 amide bonds.